The number of benzene rings is 1. The Labute approximate surface area is 93.8 Å². The zero-order valence-corrected chi connectivity index (χ0v) is 9.77. The summed E-state index contributed by atoms with van der Waals surface area (Å²) in [6.07, 6.45) is 0. The fraction of sp³-hybridized carbons (Fsp3) is 0.250. The van der Waals surface area contributed by atoms with E-state index in [0.717, 1.165) is 10.7 Å². The van der Waals surface area contributed by atoms with Crippen molar-refractivity contribution in [3.63, 3.8) is 0 Å². The minimum atomic E-state index is 0.515. The minimum absolute atomic E-state index is 0.515. The van der Waals surface area contributed by atoms with Crippen molar-refractivity contribution in [2.24, 2.45) is 5.73 Å². The first kappa shape index (κ1) is 10.3. The first-order chi connectivity index (χ1) is 7.20. The molecule has 2 aromatic rings. The maximum atomic E-state index is 5.54. The highest BCUT2D eigenvalue weighted by atomic mass is 32.1. The highest BCUT2D eigenvalue weighted by Gasteiger charge is 2.04. The number of nitrogens with zero attached hydrogens (tertiary/aromatic N) is 1. The van der Waals surface area contributed by atoms with Gasteiger partial charge in [-0.05, 0) is 31.0 Å². The number of rotatable bonds is 2. The summed E-state index contributed by atoms with van der Waals surface area (Å²) >= 11 is 1.65. The molecule has 3 heteroatoms. The molecule has 0 saturated carbocycles. The van der Waals surface area contributed by atoms with E-state index in [2.05, 4.69) is 37.0 Å². The molecule has 1 aromatic heterocycles. The molecule has 2 N–H and O–H groups in total. The molecular formula is C12H14N2S. The van der Waals surface area contributed by atoms with Gasteiger partial charge in [0.2, 0.25) is 0 Å². The topological polar surface area (TPSA) is 38.9 Å². The van der Waals surface area contributed by atoms with Crippen molar-refractivity contribution in [1.82, 2.24) is 4.98 Å². The lowest BCUT2D eigenvalue weighted by molar-refractivity contribution is 1.01. The zero-order chi connectivity index (χ0) is 10.8. The summed E-state index contributed by atoms with van der Waals surface area (Å²) < 4.78 is 0. The Morgan fingerprint density at radius 1 is 1.27 bits per heavy atom. The number of hydrogen-bond donors (Lipinski definition) is 1. The molecule has 0 aliphatic carbocycles. The molecule has 0 amide bonds. The number of thiazole rings is 1. The lowest BCUT2D eigenvalue weighted by Gasteiger charge is -2.01. The van der Waals surface area contributed by atoms with Gasteiger partial charge in [0.25, 0.3) is 0 Å². The molecule has 0 unspecified atom stereocenters. The average molecular weight is 218 g/mol. The van der Waals surface area contributed by atoms with Crippen molar-refractivity contribution in [2.75, 3.05) is 0 Å². The van der Waals surface area contributed by atoms with Crippen LogP contribution in [0.5, 0.6) is 0 Å². The van der Waals surface area contributed by atoms with Crippen LogP contribution in [-0.4, -0.2) is 4.98 Å². The molecule has 2 nitrogen and oxygen atoms in total. The minimum Gasteiger partial charge on any atom is -0.325 e. The summed E-state index contributed by atoms with van der Waals surface area (Å²) in [5.41, 5.74) is 10.3. The van der Waals surface area contributed by atoms with Crippen LogP contribution < -0.4 is 5.73 Å². The smallest absolute Gasteiger partial charge is 0.123 e. The SMILES string of the molecule is Cc1ccc(-c2nc(CN)cs2)cc1C. The maximum absolute atomic E-state index is 5.54. The van der Waals surface area contributed by atoms with E-state index in [1.165, 1.54) is 16.7 Å². The summed E-state index contributed by atoms with van der Waals surface area (Å²) in [7, 11) is 0. The second kappa shape index (κ2) is 4.13. The summed E-state index contributed by atoms with van der Waals surface area (Å²) in [6, 6.07) is 6.42. The number of nitrogens with two attached hydrogens (primary N) is 1. The standard InChI is InChI=1S/C12H14N2S/c1-8-3-4-10(5-9(8)2)12-14-11(6-13)7-15-12/h3-5,7H,6,13H2,1-2H3. The van der Waals surface area contributed by atoms with Crippen LogP contribution in [0.1, 0.15) is 16.8 Å². The van der Waals surface area contributed by atoms with E-state index in [4.69, 9.17) is 5.73 Å². The maximum Gasteiger partial charge on any atom is 0.123 e. The third-order valence-corrected chi connectivity index (χ3v) is 3.45. The zero-order valence-electron chi connectivity index (χ0n) is 8.95. The summed E-state index contributed by atoms with van der Waals surface area (Å²) in [5.74, 6) is 0. The number of aromatic nitrogens is 1. The van der Waals surface area contributed by atoms with Crippen LogP contribution in [0, 0.1) is 13.8 Å². The van der Waals surface area contributed by atoms with Gasteiger partial charge in [-0.1, -0.05) is 12.1 Å². The molecule has 1 heterocycles. The molecule has 0 bridgehead atoms. The quantitative estimate of drug-likeness (QED) is 0.841. The Morgan fingerprint density at radius 2 is 2.07 bits per heavy atom. The summed E-state index contributed by atoms with van der Waals surface area (Å²) in [5, 5.41) is 3.07. The van der Waals surface area contributed by atoms with Gasteiger partial charge in [0.15, 0.2) is 0 Å². The van der Waals surface area contributed by atoms with Crippen LogP contribution in [0.4, 0.5) is 0 Å². The van der Waals surface area contributed by atoms with Crippen LogP contribution in [0.15, 0.2) is 23.6 Å². The van der Waals surface area contributed by atoms with Crippen molar-refractivity contribution < 1.29 is 0 Å². The van der Waals surface area contributed by atoms with Crippen LogP contribution in [-0.2, 0) is 6.54 Å². The molecule has 0 aliphatic heterocycles. The predicted molar refractivity (Wildman–Crippen MR) is 64.9 cm³/mol. The monoisotopic (exact) mass is 218 g/mol. The van der Waals surface area contributed by atoms with Gasteiger partial charge in [0, 0.05) is 17.5 Å². The molecule has 0 fully saturated rings. The van der Waals surface area contributed by atoms with Gasteiger partial charge in [-0.15, -0.1) is 11.3 Å². The van der Waals surface area contributed by atoms with Crippen LogP contribution in [0.2, 0.25) is 0 Å². The summed E-state index contributed by atoms with van der Waals surface area (Å²) in [4.78, 5) is 4.46. The van der Waals surface area contributed by atoms with Crippen molar-refractivity contribution in [1.29, 1.82) is 0 Å². The van der Waals surface area contributed by atoms with Crippen LogP contribution in [0.25, 0.3) is 10.6 Å². The number of hydrogen-bond acceptors (Lipinski definition) is 3. The predicted octanol–water partition coefficient (Wildman–Crippen LogP) is 2.89. The van der Waals surface area contributed by atoms with Crippen LogP contribution in [0.3, 0.4) is 0 Å². The molecule has 2 rings (SSSR count). The van der Waals surface area contributed by atoms with Crippen molar-refractivity contribution in [2.45, 2.75) is 20.4 Å². The lowest BCUT2D eigenvalue weighted by atomic mass is 10.1. The van der Waals surface area contributed by atoms with Crippen molar-refractivity contribution in [3.8, 4) is 10.6 Å². The van der Waals surface area contributed by atoms with Gasteiger partial charge < -0.3 is 5.73 Å². The van der Waals surface area contributed by atoms with E-state index in [0.29, 0.717) is 6.54 Å². The molecule has 0 saturated heterocycles. The first-order valence-corrected chi connectivity index (χ1v) is 5.81. The van der Waals surface area contributed by atoms with Gasteiger partial charge in [0.1, 0.15) is 5.01 Å². The Morgan fingerprint density at radius 3 is 2.67 bits per heavy atom. The molecular weight excluding hydrogens is 204 g/mol. The van der Waals surface area contributed by atoms with E-state index in [1.807, 2.05) is 5.38 Å². The third kappa shape index (κ3) is 2.08. The van der Waals surface area contributed by atoms with Crippen LogP contribution >= 0.6 is 11.3 Å². The molecule has 0 spiro atoms. The molecule has 1 aromatic carbocycles. The third-order valence-electron chi connectivity index (χ3n) is 2.51. The van der Waals surface area contributed by atoms with E-state index >= 15 is 0 Å². The molecule has 0 atom stereocenters. The molecule has 15 heavy (non-hydrogen) atoms. The van der Waals surface area contributed by atoms with E-state index < -0.39 is 0 Å². The Balaban J connectivity index is 2.40. The number of aryl methyl sites for hydroxylation is 2. The fourth-order valence-electron chi connectivity index (χ4n) is 1.41. The van der Waals surface area contributed by atoms with Crippen molar-refractivity contribution >= 4 is 11.3 Å². The first-order valence-electron chi connectivity index (χ1n) is 4.93. The second-order valence-corrected chi connectivity index (χ2v) is 4.51. The normalized spacial score (nSPS) is 10.6. The Kier molecular flexibility index (Phi) is 2.84. The van der Waals surface area contributed by atoms with Gasteiger partial charge in [-0.25, -0.2) is 4.98 Å². The highest BCUT2D eigenvalue weighted by molar-refractivity contribution is 7.13. The second-order valence-electron chi connectivity index (χ2n) is 3.65. The van der Waals surface area contributed by atoms with Gasteiger partial charge in [0.05, 0.1) is 5.69 Å². The summed E-state index contributed by atoms with van der Waals surface area (Å²) in [6.45, 7) is 4.75. The van der Waals surface area contributed by atoms with Gasteiger partial charge >= 0.3 is 0 Å². The van der Waals surface area contributed by atoms with Crippen molar-refractivity contribution in [3.05, 3.63) is 40.4 Å². The molecule has 0 radical (unpaired) electrons. The van der Waals surface area contributed by atoms with Gasteiger partial charge in [-0.3, -0.25) is 0 Å². The highest BCUT2D eigenvalue weighted by Crippen LogP contribution is 2.25. The fourth-order valence-corrected chi connectivity index (χ4v) is 2.24. The average Bonchev–Trinajstić information content (AvgIpc) is 2.70. The molecule has 0 aliphatic rings. The molecule has 78 valence electrons. The Hall–Kier alpha value is -1.19. The van der Waals surface area contributed by atoms with Gasteiger partial charge in [-0.2, -0.15) is 0 Å². The largest absolute Gasteiger partial charge is 0.325 e. The van der Waals surface area contributed by atoms with E-state index in [9.17, 15) is 0 Å². The van der Waals surface area contributed by atoms with E-state index in [-0.39, 0.29) is 0 Å². The Bertz CT molecular complexity index is 474. The van der Waals surface area contributed by atoms with E-state index in [1.54, 1.807) is 11.3 Å². The lowest BCUT2D eigenvalue weighted by Crippen LogP contribution is -1.95.